The molecule has 3 atom stereocenters. The molecule has 0 amide bonds. The third-order valence-corrected chi connectivity index (χ3v) is 10.5. The summed E-state index contributed by atoms with van der Waals surface area (Å²) in [5.41, 5.74) is 0. The molecule has 0 aliphatic heterocycles. The number of hydrogen-bond acceptors (Lipinski definition) is 10. The zero-order valence-corrected chi connectivity index (χ0v) is 39.0. The largest absolute Gasteiger partial charge is 0.472 e. The zero-order valence-electron chi connectivity index (χ0n) is 37.2. The maximum Gasteiger partial charge on any atom is 0.472 e. The number of rotatable bonds is 42. The van der Waals surface area contributed by atoms with Crippen molar-refractivity contribution in [2.24, 2.45) is 0 Å². The van der Waals surface area contributed by atoms with Crippen molar-refractivity contribution in [1.29, 1.82) is 0 Å². The number of carbonyl (C=O) groups is 2. The summed E-state index contributed by atoms with van der Waals surface area (Å²) >= 11 is 0. The fraction of sp³-hybridized carbons (Fsp3) is 0.696. The van der Waals surface area contributed by atoms with Crippen LogP contribution in [0.3, 0.4) is 0 Å². The van der Waals surface area contributed by atoms with E-state index in [1.165, 1.54) is 38.5 Å². The number of phosphoric ester groups is 2. The average Bonchev–Trinajstić information content (AvgIpc) is 3.22. The van der Waals surface area contributed by atoms with E-state index in [-0.39, 0.29) is 12.8 Å². The molecule has 0 saturated carbocycles. The van der Waals surface area contributed by atoms with Crippen molar-refractivity contribution in [3.8, 4) is 0 Å². The van der Waals surface area contributed by atoms with E-state index in [4.69, 9.17) is 23.8 Å². The van der Waals surface area contributed by atoms with Crippen LogP contribution in [0.25, 0.3) is 0 Å². The first kappa shape index (κ1) is 58.6. The van der Waals surface area contributed by atoms with Crippen molar-refractivity contribution in [1.82, 2.24) is 0 Å². The summed E-state index contributed by atoms with van der Waals surface area (Å²) in [4.78, 5) is 52.7. The molecule has 0 rings (SSSR count). The van der Waals surface area contributed by atoms with E-state index in [1.807, 2.05) is 0 Å². The molecule has 0 radical (unpaired) electrons. The molecule has 0 aliphatic rings. The molecule has 0 heterocycles. The smallest absolute Gasteiger partial charge is 0.462 e. The Bertz CT molecular complexity index is 1350. The van der Waals surface area contributed by atoms with E-state index >= 15 is 0 Å². The maximum atomic E-state index is 12.7. The van der Waals surface area contributed by atoms with Crippen LogP contribution in [0.1, 0.15) is 168 Å². The first-order valence-corrected chi connectivity index (χ1v) is 25.7. The van der Waals surface area contributed by atoms with Gasteiger partial charge in [0.05, 0.1) is 19.8 Å². The normalized spacial score (nSPS) is 14.7. The Morgan fingerprint density at radius 2 is 0.902 bits per heavy atom. The van der Waals surface area contributed by atoms with E-state index in [9.17, 15) is 28.7 Å². The van der Waals surface area contributed by atoms with Crippen LogP contribution in [0.2, 0.25) is 0 Å². The van der Waals surface area contributed by atoms with E-state index in [0.29, 0.717) is 12.8 Å². The minimum Gasteiger partial charge on any atom is -0.462 e. The van der Waals surface area contributed by atoms with Gasteiger partial charge in [0, 0.05) is 12.8 Å². The quantitative estimate of drug-likeness (QED) is 0.0196. The van der Waals surface area contributed by atoms with Gasteiger partial charge in [-0.1, -0.05) is 145 Å². The number of aliphatic hydroxyl groups is 1. The molecular weight excluding hydrogens is 822 g/mol. The van der Waals surface area contributed by atoms with Crippen molar-refractivity contribution in [2.75, 3.05) is 26.4 Å². The Balaban J connectivity index is 4.59. The van der Waals surface area contributed by atoms with E-state index in [2.05, 4.69) is 95.8 Å². The van der Waals surface area contributed by atoms with Crippen molar-refractivity contribution in [3.05, 3.63) is 72.9 Å². The van der Waals surface area contributed by atoms with Gasteiger partial charge in [-0.3, -0.25) is 23.2 Å². The second-order valence-corrected chi connectivity index (χ2v) is 17.6. The highest BCUT2D eigenvalue weighted by molar-refractivity contribution is 7.47. The van der Waals surface area contributed by atoms with Gasteiger partial charge in [-0.2, -0.15) is 0 Å². The monoisotopic (exact) mass is 903 g/mol. The number of carbonyl (C=O) groups excluding carboxylic acids is 2. The van der Waals surface area contributed by atoms with Gasteiger partial charge in [-0.15, -0.1) is 0 Å². The minimum atomic E-state index is -4.87. The van der Waals surface area contributed by atoms with Crippen molar-refractivity contribution >= 4 is 27.6 Å². The third-order valence-electron chi connectivity index (χ3n) is 9.07. The Labute approximate surface area is 367 Å². The number of hydrogen-bond donors (Lipinski definition) is 4. The fourth-order valence-electron chi connectivity index (χ4n) is 5.66. The highest BCUT2D eigenvalue weighted by atomic mass is 31.2. The molecule has 13 nitrogen and oxygen atoms in total. The number of allylic oxidation sites excluding steroid dienone is 12. The lowest BCUT2D eigenvalue weighted by Gasteiger charge is -2.20. The number of ether oxygens (including phenoxy) is 2. The molecule has 0 aromatic rings. The molecule has 0 aliphatic carbocycles. The van der Waals surface area contributed by atoms with Crippen LogP contribution in [0.4, 0.5) is 0 Å². The van der Waals surface area contributed by atoms with Gasteiger partial charge in [0.25, 0.3) is 0 Å². The highest BCUT2D eigenvalue weighted by Gasteiger charge is 2.28. The number of unbranched alkanes of at least 4 members (excludes halogenated alkanes) is 14. The van der Waals surface area contributed by atoms with E-state index < -0.39 is 66.2 Å². The lowest BCUT2D eigenvalue weighted by Crippen LogP contribution is -2.30. The average molecular weight is 903 g/mol. The van der Waals surface area contributed by atoms with Gasteiger partial charge >= 0.3 is 27.6 Å². The molecule has 0 saturated heterocycles. The number of phosphoric acid groups is 2. The van der Waals surface area contributed by atoms with Gasteiger partial charge in [-0.05, 0) is 83.5 Å². The van der Waals surface area contributed by atoms with Crippen molar-refractivity contribution in [3.63, 3.8) is 0 Å². The molecule has 61 heavy (non-hydrogen) atoms. The summed E-state index contributed by atoms with van der Waals surface area (Å²) in [6.07, 6.45) is 46.0. The molecule has 352 valence electrons. The van der Waals surface area contributed by atoms with Gasteiger partial charge in [0.1, 0.15) is 12.7 Å². The molecule has 15 heteroatoms. The topological polar surface area (TPSA) is 195 Å². The van der Waals surface area contributed by atoms with Crippen LogP contribution in [-0.2, 0) is 41.8 Å². The molecule has 0 aromatic heterocycles. The van der Waals surface area contributed by atoms with Crippen LogP contribution in [0.15, 0.2) is 72.9 Å². The van der Waals surface area contributed by atoms with Crippen LogP contribution < -0.4 is 0 Å². The predicted molar refractivity (Wildman–Crippen MR) is 244 cm³/mol. The number of esters is 2. The van der Waals surface area contributed by atoms with E-state index in [1.54, 1.807) is 0 Å². The van der Waals surface area contributed by atoms with Crippen molar-refractivity contribution in [2.45, 2.75) is 180 Å². The molecular formula is C46H80O13P2. The Kier molecular flexibility index (Phi) is 39.9. The molecule has 1 unspecified atom stereocenters. The summed E-state index contributed by atoms with van der Waals surface area (Å²) in [5.74, 6) is -1.08. The molecule has 0 bridgehead atoms. The van der Waals surface area contributed by atoms with Gasteiger partial charge in [0.15, 0.2) is 6.10 Å². The van der Waals surface area contributed by atoms with Gasteiger partial charge < -0.3 is 29.3 Å². The second kappa shape index (κ2) is 41.6. The Morgan fingerprint density at radius 3 is 1.43 bits per heavy atom. The second-order valence-electron chi connectivity index (χ2n) is 14.9. The molecule has 0 spiro atoms. The Morgan fingerprint density at radius 1 is 0.492 bits per heavy atom. The van der Waals surface area contributed by atoms with E-state index in [0.717, 1.165) is 89.9 Å². The summed E-state index contributed by atoms with van der Waals surface area (Å²) in [6.45, 7) is 1.59. The van der Waals surface area contributed by atoms with Crippen LogP contribution in [0.5, 0.6) is 0 Å². The first-order chi connectivity index (χ1) is 29.4. The molecule has 0 fully saturated rings. The summed E-state index contributed by atoms with van der Waals surface area (Å²) < 4.78 is 47.8. The van der Waals surface area contributed by atoms with Crippen LogP contribution in [-0.4, -0.2) is 70.4 Å². The van der Waals surface area contributed by atoms with Crippen LogP contribution >= 0.6 is 15.6 Å². The molecule has 4 N–H and O–H groups in total. The highest BCUT2D eigenvalue weighted by Crippen LogP contribution is 2.43. The third kappa shape index (κ3) is 45.4. The Hall–Kier alpha value is -2.44. The fourth-order valence-corrected chi connectivity index (χ4v) is 6.82. The molecule has 0 aromatic carbocycles. The van der Waals surface area contributed by atoms with Crippen LogP contribution in [0, 0.1) is 0 Å². The summed E-state index contributed by atoms with van der Waals surface area (Å²) in [7, 11) is -9.69. The minimum absolute atomic E-state index is 0.0874. The van der Waals surface area contributed by atoms with Crippen molar-refractivity contribution < 1.29 is 61.6 Å². The standard InChI is InChI=1S/C46H80O13P2/c1-3-5-7-9-11-13-15-17-19-20-21-22-24-26-28-30-32-34-36-38-46(49)59-44(42-58-61(53,54)57-40-43(47)39-56-60(50,51)52)41-55-45(48)37-35-33-31-29-27-25-23-18-16-14-12-10-8-6-4-2/h5,7,11,13,17-19,21-23,26,28,43-44,47H,3-4,6,8-10,12,14-16,20,24-25,27,29-42H2,1-2H3,(H,53,54)(H2,50,51,52)/b7-5-,13-11-,19-17-,22-21-,23-18-,28-26-/t43-,44+/m0/s1. The zero-order chi connectivity index (χ0) is 45.1. The maximum absolute atomic E-state index is 12.7. The first-order valence-electron chi connectivity index (χ1n) is 22.6. The SMILES string of the molecule is CC/C=C\C/C=C\C/C=C\C/C=C\C/C=C\CCCCCC(=O)O[C@H](COC(=O)CCCCCCC/C=C\CCCCCCCC)COP(=O)(O)OC[C@@H](O)COP(=O)(O)O. The lowest BCUT2D eigenvalue weighted by atomic mass is 10.1. The van der Waals surface area contributed by atoms with Gasteiger partial charge in [0.2, 0.25) is 0 Å². The number of aliphatic hydroxyl groups excluding tert-OH is 1. The lowest BCUT2D eigenvalue weighted by molar-refractivity contribution is -0.161. The predicted octanol–water partition coefficient (Wildman–Crippen LogP) is 11.8. The summed E-state index contributed by atoms with van der Waals surface area (Å²) in [6, 6.07) is 0. The van der Waals surface area contributed by atoms with Gasteiger partial charge in [-0.25, -0.2) is 9.13 Å². The summed E-state index contributed by atoms with van der Waals surface area (Å²) in [5, 5.41) is 9.75.